The van der Waals surface area contributed by atoms with Crippen LogP contribution < -0.4 is 0 Å². The van der Waals surface area contributed by atoms with Crippen molar-refractivity contribution in [2.24, 2.45) is 44.8 Å². The number of halogens is 1. The van der Waals surface area contributed by atoms with Gasteiger partial charge in [0.2, 0.25) is 5.91 Å². The van der Waals surface area contributed by atoms with Crippen molar-refractivity contribution in [1.82, 2.24) is 4.90 Å². The van der Waals surface area contributed by atoms with Crippen molar-refractivity contribution < 1.29 is 24.1 Å². The molecule has 5 nitrogen and oxygen atoms in total. The molecule has 1 amide bonds. The van der Waals surface area contributed by atoms with Gasteiger partial charge in [-0.2, -0.15) is 0 Å². The molecule has 1 saturated heterocycles. The fourth-order valence-electron chi connectivity index (χ4n) is 12.2. The topological polar surface area (TPSA) is 70.0 Å². The number of aliphatic hydroxyl groups excluding tert-OH is 2. The highest BCUT2D eigenvalue weighted by Gasteiger charge is 2.85. The van der Waals surface area contributed by atoms with Crippen LogP contribution in [0, 0.1) is 68.8 Å². The molecule has 1 aliphatic heterocycles. The third-order valence-electron chi connectivity index (χ3n) is 14.6. The Balaban J connectivity index is 1.16. The van der Waals surface area contributed by atoms with Crippen LogP contribution in [0.15, 0.2) is 24.3 Å². The molecule has 1 heterocycles. The summed E-state index contributed by atoms with van der Waals surface area (Å²) in [5.41, 5.74) is 0.825. The number of fused-ring (bicyclic) bond motifs is 4. The molecule has 0 bridgehead atoms. The van der Waals surface area contributed by atoms with Gasteiger partial charge in [-0.05, 0) is 115 Å². The number of ether oxygens (including phenoxy) is 1. The second kappa shape index (κ2) is 9.51. The van der Waals surface area contributed by atoms with E-state index in [1.54, 1.807) is 29.9 Å². The number of aliphatic hydroxyl groups is 2. The molecule has 1 unspecified atom stereocenters. The third-order valence-corrected chi connectivity index (χ3v) is 14.6. The summed E-state index contributed by atoms with van der Waals surface area (Å²) in [6.07, 6.45) is 9.11. The summed E-state index contributed by atoms with van der Waals surface area (Å²) in [5, 5.41) is 23.4. The van der Waals surface area contributed by atoms with Gasteiger partial charge in [-0.3, -0.25) is 4.79 Å². The molecule has 2 N–H and O–H groups in total. The number of amides is 1. The molecule has 5 aliphatic carbocycles. The summed E-state index contributed by atoms with van der Waals surface area (Å²) >= 11 is 0. The smallest absolute Gasteiger partial charge is 0.220 e. The van der Waals surface area contributed by atoms with Crippen LogP contribution in [0.4, 0.5) is 4.39 Å². The third kappa shape index (κ3) is 3.75. The van der Waals surface area contributed by atoms with Gasteiger partial charge in [0.25, 0.3) is 0 Å². The van der Waals surface area contributed by atoms with E-state index in [1.165, 1.54) is 25.0 Å². The molecule has 6 fully saturated rings. The lowest BCUT2D eigenvalue weighted by molar-refractivity contribution is -0.132. The highest BCUT2D eigenvalue weighted by atomic mass is 19.1. The Hall–Kier alpha value is -1.50. The number of benzene rings is 1. The van der Waals surface area contributed by atoms with Crippen molar-refractivity contribution in [2.75, 3.05) is 6.54 Å². The fraction of sp³-hybridized carbons (Fsp3) is 0.730. The Labute approximate surface area is 257 Å². The molecule has 1 aromatic rings. The summed E-state index contributed by atoms with van der Waals surface area (Å²) < 4.78 is 20.4. The van der Waals surface area contributed by atoms with E-state index in [9.17, 15) is 19.4 Å². The Bertz CT molecular complexity index is 1280. The van der Waals surface area contributed by atoms with Crippen LogP contribution in [-0.2, 0) is 9.53 Å². The number of carbonyl (C=O) groups excluding carboxylic acids is 1. The summed E-state index contributed by atoms with van der Waals surface area (Å²) in [6, 6.07) is 6.13. The van der Waals surface area contributed by atoms with E-state index in [4.69, 9.17) is 4.74 Å². The fourth-order valence-corrected chi connectivity index (χ4v) is 12.2. The summed E-state index contributed by atoms with van der Waals surface area (Å²) in [5.74, 6) is 2.24. The van der Waals surface area contributed by atoms with Crippen LogP contribution >= 0.6 is 0 Å². The van der Waals surface area contributed by atoms with Crippen molar-refractivity contribution in [3.05, 3.63) is 53.8 Å². The van der Waals surface area contributed by atoms with Crippen molar-refractivity contribution in [2.45, 2.75) is 118 Å². The lowest BCUT2D eigenvalue weighted by Gasteiger charge is -2.63. The molecule has 6 aliphatic rings. The largest absolute Gasteiger partial charge is 0.393 e. The van der Waals surface area contributed by atoms with Crippen LogP contribution in [0.2, 0.25) is 0 Å². The SMILES string of the molecule is CC(=O)N(C[C]1C[C@@H](C)[C@H]2[C](O1)[C@H](O)[C@@]1(C)[C]3CC[C@H]4C(C)(C)[C@@H](O)CC[C@@]45C[C@@]35CC[C@]21C)C(C)c1ccc(F)cc1. The molecular weight excluding hydrogens is 541 g/mol. The highest BCUT2D eigenvalue weighted by molar-refractivity contribution is 5.74. The number of hydrogen-bond donors (Lipinski definition) is 2. The normalized spacial score (nSPS) is 46.1. The summed E-state index contributed by atoms with van der Waals surface area (Å²) in [6.45, 7) is 15.6. The number of carbonyl (C=O) groups is 1. The van der Waals surface area contributed by atoms with Crippen LogP contribution in [0.25, 0.3) is 0 Å². The first-order valence-corrected chi connectivity index (χ1v) is 16.8. The first-order chi connectivity index (χ1) is 20.1. The zero-order valence-electron chi connectivity index (χ0n) is 27.2. The lowest BCUT2D eigenvalue weighted by atomic mass is 9.41. The van der Waals surface area contributed by atoms with E-state index >= 15 is 0 Å². The molecule has 7 rings (SSSR count). The number of hydrogen-bond acceptors (Lipinski definition) is 4. The van der Waals surface area contributed by atoms with E-state index < -0.39 is 6.10 Å². The van der Waals surface area contributed by atoms with Crippen LogP contribution in [0.5, 0.6) is 0 Å². The average molecular weight is 593 g/mol. The number of rotatable bonds is 4. The van der Waals surface area contributed by atoms with Gasteiger partial charge in [0.1, 0.15) is 18.0 Å². The van der Waals surface area contributed by atoms with Crippen LogP contribution in [0.1, 0.15) is 111 Å². The van der Waals surface area contributed by atoms with Crippen molar-refractivity contribution in [3.63, 3.8) is 0 Å². The zero-order valence-corrected chi connectivity index (χ0v) is 27.2. The van der Waals surface area contributed by atoms with Crippen molar-refractivity contribution in [3.8, 4) is 0 Å². The minimum atomic E-state index is -0.677. The van der Waals surface area contributed by atoms with E-state index in [0.717, 1.165) is 56.3 Å². The maximum Gasteiger partial charge on any atom is 0.220 e. The Morgan fingerprint density at radius 2 is 1.79 bits per heavy atom. The second-order valence-corrected chi connectivity index (χ2v) is 16.5. The lowest BCUT2D eigenvalue weighted by Crippen LogP contribution is -2.58. The molecule has 5 saturated carbocycles. The Morgan fingerprint density at radius 1 is 1.09 bits per heavy atom. The maximum atomic E-state index is 13.6. The maximum absolute atomic E-state index is 13.6. The van der Waals surface area contributed by atoms with Gasteiger partial charge in [-0.15, -0.1) is 0 Å². The molecule has 43 heavy (non-hydrogen) atoms. The molecule has 6 heteroatoms. The zero-order chi connectivity index (χ0) is 30.9. The molecule has 2 spiro atoms. The first kappa shape index (κ1) is 30.2. The monoisotopic (exact) mass is 592 g/mol. The highest BCUT2D eigenvalue weighted by Crippen LogP contribution is 2.90. The van der Waals surface area contributed by atoms with Gasteiger partial charge in [0.15, 0.2) is 0 Å². The summed E-state index contributed by atoms with van der Waals surface area (Å²) in [4.78, 5) is 14.7. The van der Waals surface area contributed by atoms with Gasteiger partial charge in [0.05, 0.1) is 24.8 Å². The van der Waals surface area contributed by atoms with Gasteiger partial charge in [-0.25, -0.2) is 4.39 Å². The van der Waals surface area contributed by atoms with Gasteiger partial charge < -0.3 is 19.8 Å². The minimum absolute atomic E-state index is 0.0546. The molecule has 0 aromatic heterocycles. The Kier molecular flexibility index (Phi) is 6.67. The van der Waals surface area contributed by atoms with Crippen molar-refractivity contribution in [1.29, 1.82) is 0 Å². The average Bonchev–Trinajstić information content (AvgIpc) is 3.59. The van der Waals surface area contributed by atoms with Crippen LogP contribution in [0.3, 0.4) is 0 Å². The van der Waals surface area contributed by atoms with E-state index in [1.807, 2.05) is 6.92 Å². The predicted octanol–water partition coefficient (Wildman–Crippen LogP) is 7.19. The molecular formula is C37H51FNO4. The van der Waals surface area contributed by atoms with Gasteiger partial charge in [0, 0.05) is 18.3 Å². The van der Waals surface area contributed by atoms with Crippen molar-refractivity contribution >= 4 is 5.91 Å². The van der Waals surface area contributed by atoms with Crippen LogP contribution in [-0.4, -0.2) is 39.8 Å². The summed E-state index contributed by atoms with van der Waals surface area (Å²) in [7, 11) is 0. The molecule has 3 radical (unpaired) electrons. The quantitative estimate of drug-likeness (QED) is 0.388. The van der Waals surface area contributed by atoms with Gasteiger partial charge in [-0.1, -0.05) is 46.8 Å². The molecule has 235 valence electrons. The molecule has 1 aromatic carbocycles. The van der Waals surface area contributed by atoms with E-state index in [-0.39, 0.29) is 62.8 Å². The molecule has 10 atom stereocenters. The predicted molar refractivity (Wildman–Crippen MR) is 163 cm³/mol. The number of nitrogens with zero attached hydrogens (tertiary/aromatic N) is 1. The van der Waals surface area contributed by atoms with E-state index in [0.29, 0.717) is 12.5 Å². The second-order valence-electron chi connectivity index (χ2n) is 16.5. The minimum Gasteiger partial charge on any atom is -0.393 e. The van der Waals surface area contributed by atoms with Gasteiger partial charge >= 0.3 is 0 Å². The first-order valence-electron chi connectivity index (χ1n) is 16.8. The van der Waals surface area contributed by atoms with E-state index in [2.05, 4.69) is 34.6 Å². The Morgan fingerprint density at radius 3 is 2.47 bits per heavy atom. The standard InChI is InChI=1S/C37H51FNO4/c1-21-18-26(19-39(23(3)40)22(2)24-8-10-25(38)11-9-24)43-31-30(21)34(6)16-17-37-20-36(37)15-14-29(41)33(4,5)27(36)12-13-28(37)35(34,7)32(31)42/h8-11,21-22,27,29-30,32,41-42H,12-20H2,1-7H3/t21-,22?,27+,29+,30+,32+,34-,35-,36-,37+/m1/s1.